The molecule has 0 aliphatic carbocycles. The molecule has 0 fully saturated rings. The molecule has 140 valence electrons. The minimum atomic E-state index is -0.498. The maximum absolute atomic E-state index is 13.8. The molecule has 5 nitrogen and oxygen atoms in total. The Morgan fingerprint density at radius 2 is 1.86 bits per heavy atom. The van der Waals surface area contributed by atoms with Gasteiger partial charge in [0, 0.05) is 5.39 Å². The maximum Gasteiger partial charge on any atom is 0.237 e. The number of furan rings is 1. The number of nitrogens with one attached hydrogen (secondary N) is 1. The van der Waals surface area contributed by atoms with Gasteiger partial charge in [0.05, 0.1) is 22.7 Å². The maximum atomic E-state index is 13.8. The van der Waals surface area contributed by atoms with Gasteiger partial charge in [0.25, 0.3) is 0 Å². The molecule has 0 radical (unpaired) electrons. The molecule has 1 amide bonds. The van der Waals surface area contributed by atoms with Crippen LogP contribution in [0.3, 0.4) is 0 Å². The topological polar surface area (TPSA) is 68.0 Å². The van der Waals surface area contributed by atoms with Crippen molar-refractivity contribution in [2.24, 2.45) is 0 Å². The summed E-state index contributed by atoms with van der Waals surface area (Å²) in [6.45, 7) is 1.75. The van der Waals surface area contributed by atoms with Gasteiger partial charge in [-0.05, 0) is 37.3 Å². The van der Waals surface area contributed by atoms with Crippen LogP contribution in [-0.4, -0.2) is 21.1 Å². The van der Waals surface area contributed by atoms with Crippen molar-refractivity contribution in [3.63, 3.8) is 0 Å². The lowest BCUT2D eigenvalue weighted by Gasteiger charge is -2.13. The summed E-state index contributed by atoms with van der Waals surface area (Å²) in [6.07, 6.45) is 1.56. The fourth-order valence-corrected chi connectivity index (χ4v) is 3.61. The van der Waals surface area contributed by atoms with Gasteiger partial charge in [0.1, 0.15) is 10.8 Å². The van der Waals surface area contributed by atoms with Crippen molar-refractivity contribution < 1.29 is 13.6 Å². The summed E-state index contributed by atoms with van der Waals surface area (Å²) in [6, 6.07) is 17.2. The van der Waals surface area contributed by atoms with Crippen molar-refractivity contribution in [2.75, 3.05) is 5.32 Å². The molecule has 2 heterocycles. The average molecular weight is 393 g/mol. The SMILES string of the molecule is C[C@@H](Sc1nc(-c2ccco2)nc2ccccc12)C(=O)Nc1ccccc1F. The minimum Gasteiger partial charge on any atom is -0.461 e. The van der Waals surface area contributed by atoms with Crippen molar-refractivity contribution in [3.05, 3.63) is 72.7 Å². The van der Waals surface area contributed by atoms with E-state index in [4.69, 9.17) is 4.42 Å². The molecule has 7 heteroatoms. The number of benzene rings is 2. The zero-order chi connectivity index (χ0) is 19.5. The number of aromatic nitrogens is 2. The van der Waals surface area contributed by atoms with E-state index < -0.39 is 11.1 Å². The molecule has 0 unspecified atom stereocenters. The number of nitrogens with zero attached hydrogens (tertiary/aromatic N) is 2. The first-order chi connectivity index (χ1) is 13.6. The Kier molecular flexibility index (Phi) is 5.08. The highest BCUT2D eigenvalue weighted by molar-refractivity contribution is 8.00. The Hall–Kier alpha value is -3.19. The van der Waals surface area contributed by atoms with Crippen LogP contribution in [0.2, 0.25) is 0 Å². The zero-order valence-corrected chi connectivity index (χ0v) is 15.7. The second kappa shape index (κ2) is 7.82. The van der Waals surface area contributed by atoms with Gasteiger partial charge in [0.15, 0.2) is 11.6 Å². The van der Waals surface area contributed by atoms with Crippen LogP contribution in [0.5, 0.6) is 0 Å². The molecule has 2 aromatic carbocycles. The Morgan fingerprint density at radius 3 is 2.64 bits per heavy atom. The molecular formula is C21H16FN3O2S. The van der Waals surface area contributed by atoms with E-state index in [2.05, 4.69) is 15.3 Å². The number of para-hydroxylation sites is 2. The number of hydrogen-bond donors (Lipinski definition) is 1. The molecule has 0 aliphatic heterocycles. The van der Waals surface area contributed by atoms with Crippen LogP contribution >= 0.6 is 11.8 Å². The number of amides is 1. The van der Waals surface area contributed by atoms with Crippen LogP contribution in [0.4, 0.5) is 10.1 Å². The third-order valence-corrected chi connectivity index (χ3v) is 5.20. The Morgan fingerprint density at radius 1 is 1.07 bits per heavy atom. The number of rotatable bonds is 5. The van der Waals surface area contributed by atoms with E-state index >= 15 is 0 Å². The number of carbonyl (C=O) groups excluding carboxylic acids is 1. The van der Waals surface area contributed by atoms with Crippen LogP contribution in [0, 0.1) is 5.82 Å². The molecule has 4 rings (SSSR count). The molecule has 1 N–H and O–H groups in total. The van der Waals surface area contributed by atoms with Crippen LogP contribution in [-0.2, 0) is 4.79 Å². The third-order valence-electron chi connectivity index (χ3n) is 4.10. The summed E-state index contributed by atoms with van der Waals surface area (Å²) in [4.78, 5) is 21.7. The third kappa shape index (κ3) is 3.75. The first kappa shape index (κ1) is 18.2. The zero-order valence-electron chi connectivity index (χ0n) is 14.9. The summed E-state index contributed by atoms with van der Waals surface area (Å²) in [5.41, 5.74) is 0.914. The molecular weight excluding hydrogens is 377 g/mol. The largest absolute Gasteiger partial charge is 0.461 e. The molecule has 0 spiro atoms. The van der Waals surface area contributed by atoms with Gasteiger partial charge < -0.3 is 9.73 Å². The Bertz CT molecular complexity index is 1130. The van der Waals surface area contributed by atoms with E-state index in [-0.39, 0.29) is 11.6 Å². The molecule has 28 heavy (non-hydrogen) atoms. The summed E-state index contributed by atoms with van der Waals surface area (Å²) in [5.74, 6) is 0.224. The van der Waals surface area contributed by atoms with Crippen LogP contribution in [0.15, 0.2) is 76.4 Å². The van der Waals surface area contributed by atoms with E-state index in [9.17, 15) is 9.18 Å². The lowest BCUT2D eigenvalue weighted by atomic mass is 10.2. The monoisotopic (exact) mass is 393 g/mol. The lowest BCUT2D eigenvalue weighted by Crippen LogP contribution is -2.23. The minimum absolute atomic E-state index is 0.156. The highest BCUT2D eigenvalue weighted by Gasteiger charge is 2.20. The van der Waals surface area contributed by atoms with Gasteiger partial charge in [-0.3, -0.25) is 4.79 Å². The van der Waals surface area contributed by atoms with Gasteiger partial charge >= 0.3 is 0 Å². The van der Waals surface area contributed by atoms with Crippen LogP contribution in [0.25, 0.3) is 22.5 Å². The van der Waals surface area contributed by atoms with Gasteiger partial charge in [0.2, 0.25) is 5.91 Å². The number of carbonyl (C=O) groups is 1. The van der Waals surface area contributed by atoms with Crippen molar-refractivity contribution in [3.8, 4) is 11.6 Å². The molecule has 0 bridgehead atoms. The van der Waals surface area contributed by atoms with Gasteiger partial charge in [-0.1, -0.05) is 42.1 Å². The van der Waals surface area contributed by atoms with Crippen LogP contribution < -0.4 is 5.32 Å². The number of anilines is 1. The first-order valence-corrected chi connectivity index (χ1v) is 9.52. The van der Waals surface area contributed by atoms with E-state index in [1.165, 1.54) is 23.9 Å². The summed E-state index contributed by atoms with van der Waals surface area (Å²) in [5, 5.41) is 3.63. The first-order valence-electron chi connectivity index (χ1n) is 8.64. The molecule has 1 atom stereocenters. The van der Waals surface area contributed by atoms with E-state index in [0.29, 0.717) is 16.6 Å². The second-order valence-corrected chi connectivity index (χ2v) is 7.41. The van der Waals surface area contributed by atoms with Crippen molar-refractivity contribution in [2.45, 2.75) is 17.2 Å². The highest BCUT2D eigenvalue weighted by Crippen LogP contribution is 2.31. The predicted octanol–water partition coefficient (Wildman–Crippen LogP) is 5.15. The lowest BCUT2D eigenvalue weighted by molar-refractivity contribution is -0.115. The number of halogens is 1. The number of fused-ring (bicyclic) bond motifs is 1. The fraction of sp³-hybridized carbons (Fsp3) is 0.0952. The van der Waals surface area contributed by atoms with Gasteiger partial charge in [-0.2, -0.15) is 0 Å². The number of thioether (sulfide) groups is 1. The fourth-order valence-electron chi connectivity index (χ4n) is 2.67. The van der Waals surface area contributed by atoms with E-state index in [1.54, 1.807) is 37.5 Å². The smallest absolute Gasteiger partial charge is 0.237 e. The Balaban J connectivity index is 1.63. The van der Waals surface area contributed by atoms with Gasteiger partial charge in [-0.25, -0.2) is 14.4 Å². The van der Waals surface area contributed by atoms with Crippen molar-refractivity contribution in [1.29, 1.82) is 0 Å². The van der Waals surface area contributed by atoms with Crippen molar-refractivity contribution in [1.82, 2.24) is 9.97 Å². The predicted molar refractivity (Wildman–Crippen MR) is 108 cm³/mol. The highest BCUT2D eigenvalue weighted by atomic mass is 32.2. The normalized spacial score (nSPS) is 12.1. The standard InChI is InChI=1S/C21H16FN3O2S/c1-13(20(26)24-17-10-5-3-8-15(17)22)28-21-14-7-2-4-9-16(14)23-19(25-21)18-11-6-12-27-18/h2-13H,1H3,(H,24,26)/t13-/m1/s1. The molecule has 0 saturated heterocycles. The average Bonchev–Trinajstić information content (AvgIpc) is 3.24. The van der Waals surface area contributed by atoms with Crippen molar-refractivity contribution >= 4 is 34.3 Å². The second-order valence-electron chi connectivity index (χ2n) is 6.08. The van der Waals surface area contributed by atoms with Crippen LogP contribution in [0.1, 0.15) is 6.92 Å². The Labute approximate surface area is 165 Å². The number of hydrogen-bond acceptors (Lipinski definition) is 5. The van der Waals surface area contributed by atoms with Gasteiger partial charge in [-0.15, -0.1) is 0 Å². The van der Waals surface area contributed by atoms with E-state index in [1.807, 2.05) is 24.3 Å². The summed E-state index contributed by atoms with van der Waals surface area (Å²) >= 11 is 1.29. The summed E-state index contributed by atoms with van der Waals surface area (Å²) in [7, 11) is 0. The summed E-state index contributed by atoms with van der Waals surface area (Å²) < 4.78 is 19.2. The van der Waals surface area contributed by atoms with E-state index in [0.717, 1.165) is 10.9 Å². The quantitative estimate of drug-likeness (QED) is 0.375. The molecule has 2 aromatic heterocycles. The molecule has 4 aromatic rings. The molecule has 0 saturated carbocycles. The molecule has 0 aliphatic rings.